The molecule has 0 fully saturated rings. The zero-order chi connectivity index (χ0) is 18.3. The molecule has 1 atom stereocenters. The first-order valence-electron chi connectivity index (χ1n) is 6.66. The van der Waals surface area contributed by atoms with Gasteiger partial charge in [0.05, 0.1) is 5.57 Å². The first kappa shape index (κ1) is 18.0. The van der Waals surface area contributed by atoms with Crippen molar-refractivity contribution in [1.82, 2.24) is 5.32 Å². The number of nitrogens with one attached hydrogen (secondary N) is 1. The van der Waals surface area contributed by atoms with Gasteiger partial charge >= 0.3 is 12.4 Å². The zero-order valence-electron chi connectivity index (χ0n) is 12.2. The van der Waals surface area contributed by atoms with Crippen molar-refractivity contribution < 1.29 is 35.9 Å². The molecule has 24 heavy (non-hydrogen) atoms. The maximum atomic E-state index is 13.6. The monoisotopic (exact) mass is 351 g/mol. The largest absolute Gasteiger partial charge is 0.455 e. The van der Waals surface area contributed by atoms with Crippen LogP contribution in [0.15, 0.2) is 41.5 Å². The second kappa shape index (κ2) is 5.64. The molecule has 1 aliphatic heterocycles. The molecule has 1 aliphatic rings. The third kappa shape index (κ3) is 2.90. The fourth-order valence-electron chi connectivity index (χ4n) is 2.65. The lowest BCUT2D eigenvalue weighted by molar-refractivity contribution is -0.204. The Hall–Kier alpha value is -2.32. The van der Waals surface area contributed by atoms with Crippen molar-refractivity contribution in [1.29, 1.82) is 0 Å². The minimum Gasteiger partial charge on any atom is -0.334 e. The van der Waals surface area contributed by atoms with Crippen molar-refractivity contribution in [2.75, 3.05) is 0 Å². The van der Waals surface area contributed by atoms with Crippen molar-refractivity contribution in [3.05, 3.63) is 47.0 Å². The van der Waals surface area contributed by atoms with Crippen LogP contribution in [0.3, 0.4) is 0 Å². The summed E-state index contributed by atoms with van der Waals surface area (Å²) < 4.78 is 78.6. The molecule has 0 saturated heterocycles. The second-order valence-corrected chi connectivity index (χ2v) is 5.38. The Morgan fingerprint density at radius 1 is 1.08 bits per heavy atom. The van der Waals surface area contributed by atoms with Crippen LogP contribution >= 0.6 is 0 Å². The van der Waals surface area contributed by atoms with Gasteiger partial charge in [-0.3, -0.25) is 9.59 Å². The van der Waals surface area contributed by atoms with Gasteiger partial charge in [-0.2, -0.15) is 26.3 Å². The minimum absolute atomic E-state index is 0.330. The highest BCUT2D eigenvalue weighted by Crippen LogP contribution is 2.46. The first-order valence-corrected chi connectivity index (χ1v) is 6.66. The maximum Gasteiger partial charge on any atom is 0.455 e. The number of hydrogen-bond acceptors (Lipinski definition) is 2. The molecule has 0 aliphatic carbocycles. The van der Waals surface area contributed by atoms with Crippen LogP contribution in [0.4, 0.5) is 26.3 Å². The normalized spacial score (nSPS) is 22.4. The predicted octanol–water partition coefficient (Wildman–Crippen LogP) is 3.41. The van der Waals surface area contributed by atoms with Crippen molar-refractivity contribution in [2.24, 2.45) is 0 Å². The summed E-state index contributed by atoms with van der Waals surface area (Å²) in [7, 11) is 0. The molecule has 0 bridgehead atoms. The molecule has 1 aromatic rings. The Morgan fingerprint density at radius 2 is 1.62 bits per heavy atom. The van der Waals surface area contributed by atoms with E-state index in [1.54, 1.807) is 5.32 Å². The average molecular weight is 351 g/mol. The van der Waals surface area contributed by atoms with E-state index in [-0.39, 0.29) is 5.56 Å². The van der Waals surface area contributed by atoms with E-state index in [0.29, 0.717) is 0 Å². The molecule has 1 aromatic carbocycles. The molecule has 130 valence electrons. The fraction of sp³-hybridized carbons (Fsp3) is 0.333. The molecular weight excluding hydrogens is 340 g/mol. The Kier molecular flexibility index (Phi) is 4.24. The highest BCUT2D eigenvalue weighted by molar-refractivity contribution is 6.22. The van der Waals surface area contributed by atoms with Gasteiger partial charge in [-0.25, -0.2) is 0 Å². The standard InChI is InChI=1S/C15H11F6NO2/c1-8-7-13(15(19,20)21,9-5-3-2-4-6-9)22-12(24)10(8)11(23)14(16,17)18/h2-6H,7H2,1H3,(H,22,24)/t13-/m0/s1. The number of hydrogen-bond donors (Lipinski definition) is 1. The molecule has 0 spiro atoms. The Balaban J connectivity index is 2.60. The van der Waals surface area contributed by atoms with Gasteiger partial charge in [-0.15, -0.1) is 0 Å². The molecule has 0 saturated carbocycles. The van der Waals surface area contributed by atoms with E-state index >= 15 is 0 Å². The van der Waals surface area contributed by atoms with E-state index in [9.17, 15) is 35.9 Å². The van der Waals surface area contributed by atoms with E-state index in [2.05, 4.69) is 0 Å². The number of Topliss-reactive ketones (excluding diaryl/α,β-unsaturated/α-hetero) is 1. The molecule has 0 unspecified atom stereocenters. The van der Waals surface area contributed by atoms with E-state index in [1.807, 2.05) is 0 Å². The lowest BCUT2D eigenvalue weighted by Gasteiger charge is -2.40. The van der Waals surface area contributed by atoms with Crippen LogP contribution in [-0.2, 0) is 15.1 Å². The highest BCUT2D eigenvalue weighted by Gasteiger charge is 2.60. The smallest absolute Gasteiger partial charge is 0.334 e. The van der Waals surface area contributed by atoms with Gasteiger partial charge in [-0.05, 0) is 12.5 Å². The summed E-state index contributed by atoms with van der Waals surface area (Å²) in [4.78, 5) is 23.3. The molecule has 2 rings (SSSR count). The summed E-state index contributed by atoms with van der Waals surface area (Å²) in [6.07, 6.45) is -11.3. The molecular formula is C15H11F6NO2. The molecule has 0 radical (unpaired) electrons. The number of benzene rings is 1. The lowest BCUT2D eigenvalue weighted by atomic mass is 9.78. The summed E-state index contributed by atoms with van der Waals surface area (Å²) in [6.45, 7) is 0.918. The Morgan fingerprint density at radius 3 is 2.04 bits per heavy atom. The molecule has 1 amide bonds. The van der Waals surface area contributed by atoms with Gasteiger partial charge in [0, 0.05) is 6.42 Å². The van der Waals surface area contributed by atoms with E-state index in [0.717, 1.165) is 19.1 Å². The number of amides is 1. The third-order valence-electron chi connectivity index (χ3n) is 3.75. The number of ketones is 1. The topological polar surface area (TPSA) is 46.2 Å². The van der Waals surface area contributed by atoms with Crippen LogP contribution in [0.2, 0.25) is 0 Å². The van der Waals surface area contributed by atoms with Gasteiger partial charge in [0.2, 0.25) is 0 Å². The quantitative estimate of drug-likeness (QED) is 0.656. The number of halogens is 6. The van der Waals surface area contributed by atoms with Gasteiger partial charge in [-0.1, -0.05) is 35.9 Å². The molecule has 9 heteroatoms. The van der Waals surface area contributed by atoms with Crippen molar-refractivity contribution in [3.63, 3.8) is 0 Å². The predicted molar refractivity (Wildman–Crippen MR) is 70.7 cm³/mol. The fourth-order valence-corrected chi connectivity index (χ4v) is 2.65. The van der Waals surface area contributed by atoms with Crippen LogP contribution in [0.25, 0.3) is 0 Å². The lowest BCUT2D eigenvalue weighted by Crippen LogP contribution is -2.59. The van der Waals surface area contributed by atoms with Gasteiger partial charge in [0.1, 0.15) is 0 Å². The molecule has 1 heterocycles. The summed E-state index contributed by atoms with van der Waals surface area (Å²) >= 11 is 0. The average Bonchev–Trinajstić information content (AvgIpc) is 2.45. The van der Waals surface area contributed by atoms with Crippen LogP contribution < -0.4 is 5.32 Å². The van der Waals surface area contributed by atoms with Gasteiger partial charge in [0.25, 0.3) is 11.7 Å². The highest BCUT2D eigenvalue weighted by atomic mass is 19.4. The van der Waals surface area contributed by atoms with Gasteiger partial charge < -0.3 is 5.32 Å². The van der Waals surface area contributed by atoms with E-state index in [4.69, 9.17) is 0 Å². The summed E-state index contributed by atoms with van der Waals surface area (Å²) in [5.41, 5.74) is -5.07. The van der Waals surface area contributed by atoms with Gasteiger partial charge in [0.15, 0.2) is 5.54 Å². The SMILES string of the molecule is CC1=C(C(=O)C(F)(F)F)C(=O)N[C@@](c2ccccc2)(C(F)(F)F)C1. The number of alkyl halides is 6. The second-order valence-electron chi connectivity index (χ2n) is 5.38. The maximum absolute atomic E-state index is 13.6. The van der Waals surface area contributed by atoms with E-state index in [1.165, 1.54) is 18.2 Å². The minimum atomic E-state index is -5.35. The third-order valence-corrected chi connectivity index (χ3v) is 3.75. The van der Waals surface area contributed by atoms with E-state index < -0.39 is 47.1 Å². The zero-order valence-corrected chi connectivity index (χ0v) is 12.2. The number of carbonyl (C=O) groups excluding carboxylic acids is 2. The Bertz CT molecular complexity index is 705. The van der Waals surface area contributed by atoms with Crippen molar-refractivity contribution in [3.8, 4) is 0 Å². The van der Waals surface area contributed by atoms with Crippen molar-refractivity contribution in [2.45, 2.75) is 31.2 Å². The van der Waals surface area contributed by atoms with Crippen LogP contribution in [0.1, 0.15) is 18.9 Å². The van der Waals surface area contributed by atoms with Crippen LogP contribution in [-0.4, -0.2) is 24.0 Å². The van der Waals surface area contributed by atoms with Crippen LogP contribution in [0.5, 0.6) is 0 Å². The molecule has 0 aromatic heterocycles. The summed E-state index contributed by atoms with van der Waals surface area (Å²) in [6, 6.07) is 6.30. The molecule has 1 N–H and O–H groups in total. The Labute approximate surface area is 132 Å². The summed E-state index contributed by atoms with van der Waals surface area (Å²) in [5, 5.41) is 1.58. The number of rotatable bonds is 2. The van der Waals surface area contributed by atoms with Crippen molar-refractivity contribution >= 4 is 11.7 Å². The van der Waals surface area contributed by atoms with Crippen LogP contribution in [0, 0.1) is 0 Å². The summed E-state index contributed by atoms with van der Waals surface area (Å²) in [5.74, 6) is -4.15. The number of carbonyl (C=O) groups is 2. The molecule has 3 nitrogen and oxygen atoms in total. The first-order chi connectivity index (χ1) is 10.9.